The Kier molecular flexibility index (Phi) is 2.48. The topological polar surface area (TPSA) is 62.4 Å². The lowest BCUT2D eigenvalue weighted by Crippen LogP contribution is -2.20. The Morgan fingerprint density at radius 1 is 1.77 bits per heavy atom. The van der Waals surface area contributed by atoms with Crippen LogP contribution in [0.3, 0.4) is 0 Å². The fourth-order valence-electron chi connectivity index (χ4n) is 1.57. The summed E-state index contributed by atoms with van der Waals surface area (Å²) in [7, 11) is 0. The zero-order chi connectivity index (χ0) is 9.26. The van der Waals surface area contributed by atoms with Crippen LogP contribution in [0.1, 0.15) is 11.3 Å². The number of aliphatic hydroxyl groups is 1. The number of likely N-dealkylation sites (tertiary alicyclic amines) is 1. The van der Waals surface area contributed by atoms with E-state index in [1.807, 2.05) is 6.20 Å². The molecule has 1 atom stereocenters. The van der Waals surface area contributed by atoms with Crippen LogP contribution in [0.4, 0.5) is 5.13 Å². The van der Waals surface area contributed by atoms with Crippen LogP contribution in [-0.2, 0) is 6.54 Å². The summed E-state index contributed by atoms with van der Waals surface area (Å²) in [6, 6.07) is 0. The van der Waals surface area contributed by atoms with Crippen molar-refractivity contribution < 1.29 is 5.11 Å². The first-order valence-electron chi connectivity index (χ1n) is 4.34. The molecular formula is C8H13N3OS. The molecule has 0 radical (unpaired) electrons. The van der Waals surface area contributed by atoms with Crippen LogP contribution < -0.4 is 5.73 Å². The SMILES string of the molecule is Nc1ncc(CN2CC[C@@H](O)C2)s1. The van der Waals surface area contributed by atoms with E-state index in [0.717, 1.165) is 26.1 Å². The van der Waals surface area contributed by atoms with Gasteiger partial charge in [-0.05, 0) is 6.42 Å². The highest BCUT2D eigenvalue weighted by Gasteiger charge is 2.20. The molecule has 3 N–H and O–H groups in total. The highest BCUT2D eigenvalue weighted by Crippen LogP contribution is 2.19. The van der Waals surface area contributed by atoms with Crippen molar-refractivity contribution in [3.8, 4) is 0 Å². The molecule has 1 aromatic heterocycles. The van der Waals surface area contributed by atoms with Crippen molar-refractivity contribution >= 4 is 16.5 Å². The maximum Gasteiger partial charge on any atom is 0.180 e. The molecule has 72 valence electrons. The van der Waals surface area contributed by atoms with Crippen LogP contribution in [0.15, 0.2) is 6.20 Å². The Morgan fingerprint density at radius 3 is 3.15 bits per heavy atom. The summed E-state index contributed by atoms with van der Waals surface area (Å²) in [6.45, 7) is 2.61. The fraction of sp³-hybridized carbons (Fsp3) is 0.625. The molecule has 1 fully saturated rings. The molecule has 0 unspecified atom stereocenters. The van der Waals surface area contributed by atoms with E-state index in [-0.39, 0.29) is 6.10 Å². The van der Waals surface area contributed by atoms with Gasteiger partial charge in [0.2, 0.25) is 0 Å². The molecule has 1 aliphatic rings. The van der Waals surface area contributed by atoms with Crippen molar-refractivity contribution in [3.63, 3.8) is 0 Å². The van der Waals surface area contributed by atoms with Gasteiger partial charge in [0.05, 0.1) is 6.10 Å². The molecule has 13 heavy (non-hydrogen) atoms. The average Bonchev–Trinajstić information content (AvgIpc) is 2.62. The van der Waals surface area contributed by atoms with Crippen LogP contribution in [0.2, 0.25) is 0 Å². The van der Waals surface area contributed by atoms with E-state index in [4.69, 9.17) is 5.73 Å². The van der Waals surface area contributed by atoms with Crippen LogP contribution in [0, 0.1) is 0 Å². The first-order chi connectivity index (χ1) is 6.24. The van der Waals surface area contributed by atoms with E-state index in [2.05, 4.69) is 9.88 Å². The first kappa shape index (κ1) is 8.93. The first-order valence-corrected chi connectivity index (χ1v) is 5.16. The van der Waals surface area contributed by atoms with Gasteiger partial charge in [-0.15, -0.1) is 11.3 Å². The predicted molar refractivity (Wildman–Crippen MR) is 52.4 cm³/mol. The largest absolute Gasteiger partial charge is 0.392 e. The van der Waals surface area contributed by atoms with Gasteiger partial charge in [0.1, 0.15) is 0 Å². The number of hydrogen-bond donors (Lipinski definition) is 2. The molecule has 0 bridgehead atoms. The van der Waals surface area contributed by atoms with Crippen molar-refractivity contribution in [2.24, 2.45) is 0 Å². The smallest absolute Gasteiger partial charge is 0.180 e. The lowest BCUT2D eigenvalue weighted by atomic mass is 10.3. The van der Waals surface area contributed by atoms with Gasteiger partial charge in [0, 0.05) is 30.7 Å². The van der Waals surface area contributed by atoms with Gasteiger partial charge in [-0.2, -0.15) is 0 Å². The molecular weight excluding hydrogens is 186 g/mol. The number of anilines is 1. The number of thiazole rings is 1. The lowest BCUT2D eigenvalue weighted by Gasteiger charge is -2.12. The van der Waals surface area contributed by atoms with Crippen LogP contribution in [-0.4, -0.2) is 34.2 Å². The highest BCUT2D eigenvalue weighted by molar-refractivity contribution is 7.15. The third-order valence-corrected chi connectivity index (χ3v) is 3.01. The Labute approximate surface area is 81.0 Å². The van der Waals surface area contributed by atoms with E-state index in [0.29, 0.717) is 5.13 Å². The molecule has 0 saturated carbocycles. The standard InChI is InChI=1S/C8H13N3OS/c9-8-10-3-7(13-8)5-11-2-1-6(12)4-11/h3,6,12H,1-2,4-5H2,(H2,9,10)/t6-/m1/s1. The summed E-state index contributed by atoms with van der Waals surface area (Å²) in [6.07, 6.45) is 2.55. The van der Waals surface area contributed by atoms with Crippen molar-refractivity contribution in [1.29, 1.82) is 0 Å². The summed E-state index contributed by atoms with van der Waals surface area (Å²) in [5.74, 6) is 0. The maximum absolute atomic E-state index is 9.30. The number of nitrogens with zero attached hydrogens (tertiary/aromatic N) is 2. The zero-order valence-corrected chi connectivity index (χ0v) is 8.13. The molecule has 4 nitrogen and oxygen atoms in total. The van der Waals surface area contributed by atoms with E-state index in [1.165, 1.54) is 16.2 Å². The number of nitrogen functional groups attached to an aromatic ring is 1. The summed E-state index contributed by atoms with van der Waals surface area (Å²) >= 11 is 1.52. The molecule has 2 heterocycles. The van der Waals surface area contributed by atoms with Crippen molar-refractivity contribution in [2.75, 3.05) is 18.8 Å². The monoisotopic (exact) mass is 199 g/mol. The summed E-state index contributed by atoms with van der Waals surface area (Å²) in [5.41, 5.74) is 5.52. The highest BCUT2D eigenvalue weighted by atomic mass is 32.1. The molecule has 0 amide bonds. The number of aromatic nitrogens is 1. The van der Waals surface area contributed by atoms with Crippen LogP contribution >= 0.6 is 11.3 Å². The van der Waals surface area contributed by atoms with Gasteiger partial charge in [-0.25, -0.2) is 4.98 Å². The van der Waals surface area contributed by atoms with Crippen LogP contribution in [0.25, 0.3) is 0 Å². The second kappa shape index (κ2) is 3.61. The summed E-state index contributed by atoms with van der Waals surface area (Å²) in [4.78, 5) is 7.38. The second-order valence-electron chi connectivity index (χ2n) is 3.34. The fourth-order valence-corrected chi connectivity index (χ4v) is 2.30. The minimum absolute atomic E-state index is 0.148. The van der Waals surface area contributed by atoms with E-state index >= 15 is 0 Å². The average molecular weight is 199 g/mol. The van der Waals surface area contributed by atoms with Gasteiger partial charge in [-0.3, -0.25) is 4.90 Å². The quantitative estimate of drug-likeness (QED) is 0.718. The second-order valence-corrected chi connectivity index (χ2v) is 4.49. The van der Waals surface area contributed by atoms with Gasteiger partial charge in [0.15, 0.2) is 5.13 Å². The van der Waals surface area contributed by atoms with E-state index in [9.17, 15) is 5.11 Å². The van der Waals surface area contributed by atoms with Gasteiger partial charge in [0.25, 0.3) is 0 Å². The maximum atomic E-state index is 9.30. The third kappa shape index (κ3) is 2.18. The number of nitrogens with two attached hydrogens (primary N) is 1. The number of hydrogen-bond acceptors (Lipinski definition) is 5. The minimum atomic E-state index is -0.148. The molecule has 0 spiro atoms. The Balaban J connectivity index is 1.91. The molecule has 2 rings (SSSR count). The Bertz CT molecular complexity index is 289. The van der Waals surface area contributed by atoms with E-state index in [1.54, 1.807) is 0 Å². The number of β-amino-alcohol motifs (C(OH)–C–C–N with tert-alkyl or cyclic N) is 1. The van der Waals surface area contributed by atoms with Gasteiger partial charge >= 0.3 is 0 Å². The van der Waals surface area contributed by atoms with Crippen LogP contribution in [0.5, 0.6) is 0 Å². The normalized spacial score (nSPS) is 23.9. The third-order valence-electron chi connectivity index (χ3n) is 2.20. The summed E-state index contributed by atoms with van der Waals surface area (Å²) < 4.78 is 0. The molecule has 5 heteroatoms. The molecule has 1 aliphatic heterocycles. The lowest BCUT2D eigenvalue weighted by molar-refractivity contribution is 0.175. The molecule has 0 aliphatic carbocycles. The Morgan fingerprint density at radius 2 is 2.62 bits per heavy atom. The van der Waals surface area contributed by atoms with Crippen molar-refractivity contribution in [1.82, 2.24) is 9.88 Å². The minimum Gasteiger partial charge on any atom is -0.392 e. The molecule has 0 aromatic carbocycles. The van der Waals surface area contributed by atoms with E-state index < -0.39 is 0 Å². The van der Waals surface area contributed by atoms with Gasteiger partial charge in [-0.1, -0.05) is 0 Å². The van der Waals surface area contributed by atoms with Crippen molar-refractivity contribution in [3.05, 3.63) is 11.1 Å². The number of aliphatic hydroxyl groups excluding tert-OH is 1. The molecule has 1 saturated heterocycles. The Hall–Kier alpha value is -0.650. The van der Waals surface area contributed by atoms with Gasteiger partial charge < -0.3 is 10.8 Å². The predicted octanol–water partition coefficient (Wildman–Crippen LogP) is 0.292. The van der Waals surface area contributed by atoms with Crippen molar-refractivity contribution in [2.45, 2.75) is 19.1 Å². The molecule has 1 aromatic rings. The summed E-state index contributed by atoms with van der Waals surface area (Å²) in [5, 5.41) is 9.92. The number of rotatable bonds is 2. The zero-order valence-electron chi connectivity index (χ0n) is 7.31.